The number of unbranched alkanes of at least 4 members (excludes halogenated alkanes) is 2. The van der Waals surface area contributed by atoms with E-state index in [9.17, 15) is 5.26 Å². The molecular formula is C27H41NO2. The second-order valence-corrected chi connectivity index (χ2v) is 9.53. The van der Waals surface area contributed by atoms with Crippen LogP contribution in [-0.2, 0) is 4.74 Å². The fourth-order valence-electron chi connectivity index (χ4n) is 6.37. The summed E-state index contributed by atoms with van der Waals surface area (Å²) in [7, 11) is 3.57. The smallest absolute Gasteiger partial charge is 0.118 e. The molecule has 1 aromatic rings. The lowest BCUT2D eigenvalue weighted by atomic mass is 9.56. The second-order valence-electron chi connectivity index (χ2n) is 9.53. The van der Waals surface area contributed by atoms with Crippen LogP contribution < -0.4 is 4.74 Å². The third-order valence-corrected chi connectivity index (χ3v) is 8.02. The number of rotatable bonds is 10. The first kappa shape index (κ1) is 23.1. The largest absolute Gasteiger partial charge is 0.497 e. The van der Waals surface area contributed by atoms with E-state index in [0.29, 0.717) is 23.9 Å². The number of benzene rings is 1. The first-order chi connectivity index (χ1) is 14.7. The van der Waals surface area contributed by atoms with Crippen LogP contribution in [0.5, 0.6) is 5.75 Å². The monoisotopic (exact) mass is 411 g/mol. The number of hydrogen-bond acceptors (Lipinski definition) is 3. The van der Waals surface area contributed by atoms with Crippen LogP contribution in [0.4, 0.5) is 0 Å². The Hall–Kier alpha value is -1.53. The summed E-state index contributed by atoms with van der Waals surface area (Å²) in [4.78, 5) is 0. The fraction of sp³-hybridized carbons (Fsp3) is 0.741. The molecule has 3 rings (SSSR count). The van der Waals surface area contributed by atoms with Crippen LogP contribution in [0.25, 0.3) is 0 Å². The molecule has 0 aliphatic heterocycles. The van der Waals surface area contributed by atoms with Crippen molar-refractivity contribution in [1.82, 2.24) is 0 Å². The second kappa shape index (κ2) is 11.8. The standard InChI is InChI=1S/C27H41NO2/c1-4-23(29-2)11-7-5-6-9-20-15-18-25-22(19-28)10-8-12-26(25)27(20)21-13-16-24(30-3)17-14-21/h13-14,16-17,20,22-23,25-27H,4-12,15,18H2,1-3H3. The lowest BCUT2D eigenvalue weighted by Gasteiger charge is -2.48. The molecule has 166 valence electrons. The Morgan fingerprint density at radius 3 is 2.47 bits per heavy atom. The molecule has 1 aromatic carbocycles. The third-order valence-electron chi connectivity index (χ3n) is 8.02. The Labute approximate surface area is 184 Å². The minimum atomic E-state index is 0.269. The van der Waals surface area contributed by atoms with Crippen molar-refractivity contribution in [3.8, 4) is 11.8 Å². The molecule has 0 saturated heterocycles. The quantitative estimate of drug-likeness (QED) is 0.385. The van der Waals surface area contributed by atoms with Gasteiger partial charge >= 0.3 is 0 Å². The molecule has 3 heteroatoms. The first-order valence-corrected chi connectivity index (χ1v) is 12.3. The van der Waals surface area contributed by atoms with E-state index in [2.05, 4.69) is 37.3 Å². The van der Waals surface area contributed by atoms with Crippen molar-refractivity contribution < 1.29 is 9.47 Å². The molecule has 2 saturated carbocycles. The van der Waals surface area contributed by atoms with Crippen LogP contribution in [0.15, 0.2) is 24.3 Å². The number of hydrogen-bond donors (Lipinski definition) is 0. The van der Waals surface area contributed by atoms with E-state index < -0.39 is 0 Å². The summed E-state index contributed by atoms with van der Waals surface area (Å²) in [6.07, 6.45) is 14.1. The molecule has 2 aliphatic carbocycles. The van der Waals surface area contributed by atoms with Gasteiger partial charge in [0.2, 0.25) is 0 Å². The molecule has 2 fully saturated rings. The van der Waals surface area contributed by atoms with E-state index in [-0.39, 0.29) is 5.92 Å². The summed E-state index contributed by atoms with van der Waals surface area (Å²) >= 11 is 0. The molecule has 0 N–H and O–H groups in total. The molecule has 2 aliphatic rings. The predicted octanol–water partition coefficient (Wildman–Crippen LogP) is 7.12. The van der Waals surface area contributed by atoms with Crippen LogP contribution in [0.2, 0.25) is 0 Å². The SMILES string of the molecule is CCC(CCCCCC1CCC2C(C#N)CCCC2C1c1ccc(OC)cc1)OC. The van der Waals surface area contributed by atoms with Gasteiger partial charge in [0.05, 0.1) is 19.3 Å². The predicted molar refractivity (Wildman–Crippen MR) is 123 cm³/mol. The molecule has 0 spiro atoms. The van der Waals surface area contributed by atoms with Crippen LogP contribution in [0.3, 0.4) is 0 Å². The van der Waals surface area contributed by atoms with Gasteiger partial charge in [-0.05, 0) is 86.3 Å². The van der Waals surface area contributed by atoms with Crippen molar-refractivity contribution in [1.29, 1.82) is 5.26 Å². The van der Waals surface area contributed by atoms with E-state index in [1.807, 2.05) is 7.11 Å². The molecule has 30 heavy (non-hydrogen) atoms. The van der Waals surface area contributed by atoms with E-state index in [0.717, 1.165) is 24.5 Å². The van der Waals surface area contributed by atoms with Gasteiger partial charge in [-0.15, -0.1) is 0 Å². The maximum atomic E-state index is 9.73. The summed E-state index contributed by atoms with van der Waals surface area (Å²) in [6, 6.07) is 11.5. The number of nitriles is 1. The maximum absolute atomic E-state index is 9.73. The van der Waals surface area contributed by atoms with Crippen LogP contribution in [-0.4, -0.2) is 20.3 Å². The zero-order chi connectivity index (χ0) is 21.3. The molecule has 3 nitrogen and oxygen atoms in total. The van der Waals surface area contributed by atoms with Crippen molar-refractivity contribution in [2.45, 2.75) is 89.6 Å². The number of fused-ring (bicyclic) bond motifs is 1. The molecule has 6 unspecified atom stereocenters. The van der Waals surface area contributed by atoms with Crippen molar-refractivity contribution in [2.24, 2.45) is 23.7 Å². The van der Waals surface area contributed by atoms with E-state index >= 15 is 0 Å². The van der Waals surface area contributed by atoms with E-state index in [1.54, 1.807) is 7.11 Å². The van der Waals surface area contributed by atoms with Gasteiger partial charge in [-0.3, -0.25) is 0 Å². The fourth-order valence-corrected chi connectivity index (χ4v) is 6.37. The van der Waals surface area contributed by atoms with Gasteiger partial charge < -0.3 is 9.47 Å². The summed E-state index contributed by atoms with van der Waals surface area (Å²) in [6.45, 7) is 2.21. The average Bonchev–Trinajstić information content (AvgIpc) is 2.80. The van der Waals surface area contributed by atoms with Gasteiger partial charge in [0, 0.05) is 13.0 Å². The molecule has 0 bridgehead atoms. The average molecular weight is 412 g/mol. The zero-order valence-electron chi connectivity index (χ0n) is 19.3. The van der Waals surface area contributed by atoms with Crippen molar-refractivity contribution in [3.05, 3.63) is 29.8 Å². The highest BCUT2D eigenvalue weighted by molar-refractivity contribution is 5.31. The van der Waals surface area contributed by atoms with Crippen molar-refractivity contribution >= 4 is 0 Å². The van der Waals surface area contributed by atoms with Crippen molar-refractivity contribution in [3.63, 3.8) is 0 Å². The topological polar surface area (TPSA) is 42.2 Å². The van der Waals surface area contributed by atoms with Crippen LogP contribution in [0.1, 0.15) is 89.0 Å². The highest BCUT2D eigenvalue weighted by Gasteiger charge is 2.44. The van der Waals surface area contributed by atoms with Gasteiger partial charge in [0.25, 0.3) is 0 Å². The van der Waals surface area contributed by atoms with Gasteiger partial charge in [-0.2, -0.15) is 5.26 Å². The minimum absolute atomic E-state index is 0.269. The summed E-state index contributed by atoms with van der Waals surface area (Å²) < 4.78 is 10.9. The number of nitrogens with zero attached hydrogens (tertiary/aromatic N) is 1. The summed E-state index contributed by atoms with van der Waals surface area (Å²) in [5, 5.41) is 9.73. The van der Waals surface area contributed by atoms with Gasteiger partial charge in [0.15, 0.2) is 0 Å². The molecule has 0 heterocycles. The number of methoxy groups -OCH3 is 2. The third kappa shape index (κ3) is 5.58. The highest BCUT2D eigenvalue weighted by atomic mass is 16.5. The number of ether oxygens (including phenoxy) is 2. The summed E-state index contributed by atoms with van der Waals surface area (Å²) in [5.41, 5.74) is 1.47. The molecule has 0 amide bonds. The van der Waals surface area contributed by atoms with Gasteiger partial charge in [0.1, 0.15) is 5.75 Å². The maximum Gasteiger partial charge on any atom is 0.118 e. The Bertz CT molecular complexity index is 660. The Morgan fingerprint density at radius 2 is 1.80 bits per heavy atom. The normalized spacial score (nSPS) is 29.6. The van der Waals surface area contributed by atoms with Gasteiger partial charge in [-0.1, -0.05) is 44.7 Å². The van der Waals surface area contributed by atoms with E-state index in [1.165, 1.54) is 63.4 Å². The Morgan fingerprint density at radius 1 is 1.00 bits per heavy atom. The molecule has 0 aromatic heterocycles. The molecule has 0 radical (unpaired) electrons. The lowest BCUT2D eigenvalue weighted by molar-refractivity contribution is 0.0677. The van der Waals surface area contributed by atoms with Crippen LogP contribution >= 0.6 is 0 Å². The lowest BCUT2D eigenvalue weighted by Crippen LogP contribution is -2.39. The van der Waals surface area contributed by atoms with Crippen LogP contribution in [0, 0.1) is 35.0 Å². The van der Waals surface area contributed by atoms with Gasteiger partial charge in [-0.25, -0.2) is 0 Å². The molecular weight excluding hydrogens is 370 g/mol. The summed E-state index contributed by atoms with van der Waals surface area (Å²) in [5.74, 6) is 3.83. The first-order valence-electron chi connectivity index (χ1n) is 12.3. The Balaban J connectivity index is 1.67. The Kier molecular flexibility index (Phi) is 9.06. The highest BCUT2D eigenvalue weighted by Crippen LogP contribution is 2.53. The minimum Gasteiger partial charge on any atom is -0.497 e. The van der Waals surface area contributed by atoms with Crippen molar-refractivity contribution in [2.75, 3.05) is 14.2 Å². The molecule has 6 atom stereocenters. The zero-order valence-corrected chi connectivity index (χ0v) is 19.3. The van der Waals surface area contributed by atoms with E-state index in [4.69, 9.17) is 9.47 Å².